The molecule has 5 nitrogen and oxygen atoms in total. The number of nitrogens with one attached hydrogen (secondary N) is 1. The van der Waals surface area contributed by atoms with Gasteiger partial charge in [-0.3, -0.25) is 4.90 Å². The van der Waals surface area contributed by atoms with Crippen LogP contribution < -0.4 is 4.90 Å². The van der Waals surface area contributed by atoms with E-state index in [-0.39, 0.29) is 12.1 Å². The average Bonchev–Trinajstić information content (AvgIpc) is 3.08. The van der Waals surface area contributed by atoms with Crippen molar-refractivity contribution in [1.82, 2.24) is 9.97 Å². The Morgan fingerprint density at radius 1 is 1.17 bits per heavy atom. The van der Waals surface area contributed by atoms with Gasteiger partial charge in [0.15, 0.2) is 0 Å². The van der Waals surface area contributed by atoms with E-state index in [1.807, 2.05) is 62.4 Å². The molecule has 0 bridgehead atoms. The number of fused-ring (bicyclic) bond motifs is 1. The molecule has 23 heavy (non-hydrogen) atoms. The highest BCUT2D eigenvalue weighted by atomic mass is 16.6. The van der Waals surface area contributed by atoms with Gasteiger partial charge < -0.3 is 9.72 Å². The Balaban J connectivity index is 1.85. The van der Waals surface area contributed by atoms with Crippen LogP contribution in [-0.2, 0) is 4.74 Å². The Morgan fingerprint density at radius 3 is 2.74 bits per heavy atom. The van der Waals surface area contributed by atoms with Crippen molar-refractivity contribution in [3.05, 3.63) is 60.4 Å². The van der Waals surface area contributed by atoms with E-state index in [0.717, 1.165) is 22.3 Å². The summed E-state index contributed by atoms with van der Waals surface area (Å²) in [5, 5.41) is 0. The molecule has 1 saturated heterocycles. The third-order valence-corrected chi connectivity index (χ3v) is 4.26. The smallest absolute Gasteiger partial charge is 0.415 e. The molecule has 0 spiro atoms. The van der Waals surface area contributed by atoms with Crippen LogP contribution in [0.3, 0.4) is 0 Å². The lowest BCUT2D eigenvalue weighted by molar-refractivity contribution is 0.0685. The van der Waals surface area contributed by atoms with E-state index in [2.05, 4.69) is 9.97 Å². The first-order valence-electron chi connectivity index (χ1n) is 7.56. The molecule has 2 aromatic carbocycles. The van der Waals surface area contributed by atoms with E-state index in [1.165, 1.54) is 0 Å². The highest BCUT2D eigenvalue weighted by Gasteiger charge is 2.49. The van der Waals surface area contributed by atoms with Gasteiger partial charge in [-0.25, -0.2) is 9.78 Å². The molecule has 1 fully saturated rings. The van der Waals surface area contributed by atoms with Crippen molar-refractivity contribution in [1.29, 1.82) is 0 Å². The van der Waals surface area contributed by atoms with Crippen LogP contribution in [0.1, 0.15) is 25.5 Å². The number of rotatable bonds is 2. The van der Waals surface area contributed by atoms with Crippen molar-refractivity contribution in [2.24, 2.45) is 0 Å². The molecule has 3 aromatic rings. The molecule has 2 heterocycles. The molecular weight excluding hydrogens is 290 g/mol. The van der Waals surface area contributed by atoms with Crippen LogP contribution in [0.2, 0.25) is 0 Å². The second kappa shape index (κ2) is 4.84. The molecule has 1 atom stereocenters. The largest absolute Gasteiger partial charge is 0.441 e. The van der Waals surface area contributed by atoms with Gasteiger partial charge in [-0.05, 0) is 37.6 Å². The molecular formula is C18H17N3O2. The maximum absolute atomic E-state index is 12.5. The molecule has 5 heteroatoms. The zero-order valence-corrected chi connectivity index (χ0v) is 13.0. The monoisotopic (exact) mass is 307 g/mol. The summed E-state index contributed by atoms with van der Waals surface area (Å²) in [7, 11) is 0. The number of amides is 1. The SMILES string of the molecule is CC1(C)OC(=O)N(c2ccc3nc[nH]c3c2)C1c1ccccc1. The van der Waals surface area contributed by atoms with Gasteiger partial charge in [-0.2, -0.15) is 0 Å². The number of hydrogen-bond acceptors (Lipinski definition) is 3. The molecule has 1 aliphatic heterocycles. The van der Waals surface area contributed by atoms with Gasteiger partial charge in [-0.1, -0.05) is 30.3 Å². The minimum atomic E-state index is -0.610. The van der Waals surface area contributed by atoms with Crippen LogP contribution in [0.5, 0.6) is 0 Å². The van der Waals surface area contributed by atoms with Crippen molar-refractivity contribution in [2.45, 2.75) is 25.5 Å². The van der Waals surface area contributed by atoms with Gasteiger partial charge in [0.2, 0.25) is 0 Å². The van der Waals surface area contributed by atoms with Gasteiger partial charge in [0.1, 0.15) is 11.6 Å². The molecule has 4 rings (SSSR count). The molecule has 1 unspecified atom stereocenters. The zero-order valence-electron chi connectivity index (χ0n) is 13.0. The molecule has 0 aliphatic carbocycles. The van der Waals surface area contributed by atoms with E-state index in [9.17, 15) is 4.79 Å². The van der Waals surface area contributed by atoms with Gasteiger partial charge in [0.05, 0.1) is 23.0 Å². The summed E-state index contributed by atoms with van der Waals surface area (Å²) in [6.07, 6.45) is 1.32. The van der Waals surface area contributed by atoms with Crippen LogP contribution in [0.15, 0.2) is 54.9 Å². The fourth-order valence-electron chi connectivity index (χ4n) is 3.26. The number of benzene rings is 2. The van der Waals surface area contributed by atoms with E-state index in [4.69, 9.17) is 4.74 Å². The number of nitrogens with zero attached hydrogens (tertiary/aromatic N) is 2. The highest BCUT2D eigenvalue weighted by molar-refractivity contribution is 5.94. The zero-order chi connectivity index (χ0) is 16.0. The minimum absolute atomic E-state index is 0.184. The van der Waals surface area contributed by atoms with Crippen molar-refractivity contribution >= 4 is 22.8 Å². The Hall–Kier alpha value is -2.82. The second-order valence-corrected chi connectivity index (χ2v) is 6.26. The lowest BCUT2D eigenvalue weighted by atomic mass is 9.91. The third-order valence-electron chi connectivity index (χ3n) is 4.26. The van der Waals surface area contributed by atoms with E-state index < -0.39 is 5.60 Å². The van der Waals surface area contributed by atoms with E-state index in [0.29, 0.717) is 0 Å². The Bertz CT molecular complexity index is 870. The van der Waals surface area contributed by atoms with Crippen LogP contribution >= 0.6 is 0 Å². The standard InChI is InChI=1S/C18H17N3O2/c1-18(2)16(12-6-4-3-5-7-12)21(17(22)23-18)13-8-9-14-15(10-13)20-11-19-14/h3-11,16H,1-2H3,(H,19,20). The summed E-state index contributed by atoms with van der Waals surface area (Å²) >= 11 is 0. The molecule has 1 aliphatic rings. The average molecular weight is 307 g/mol. The van der Waals surface area contributed by atoms with Gasteiger partial charge in [0.25, 0.3) is 0 Å². The summed E-state index contributed by atoms with van der Waals surface area (Å²) in [5.74, 6) is 0. The summed E-state index contributed by atoms with van der Waals surface area (Å²) in [4.78, 5) is 21.5. The summed E-state index contributed by atoms with van der Waals surface area (Å²) in [6, 6.07) is 15.5. The Labute approximate surface area is 133 Å². The highest BCUT2D eigenvalue weighted by Crippen LogP contribution is 2.43. The maximum Gasteiger partial charge on any atom is 0.415 e. The third kappa shape index (κ3) is 2.16. The number of aromatic amines is 1. The van der Waals surface area contributed by atoms with Crippen molar-refractivity contribution < 1.29 is 9.53 Å². The lowest BCUT2D eigenvalue weighted by Crippen LogP contribution is -2.33. The molecule has 116 valence electrons. The van der Waals surface area contributed by atoms with Crippen molar-refractivity contribution in [2.75, 3.05) is 4.90 Å². The number of hydrogen-bond donors (Lipinski definition) is 1. The first-order valence-corrected chi connectivity index (χ1v) is 7.56. The van der Waals surface area contributed by atoms with Crippen LogP contribution in [0.4, 0.5) is 10.5 Å². The normalized spacial score (nSPS) is 20.0. The van der Waals surface area contributed by atoms with Crippen molar-refractivity contribution in [3.63, 3.8) is 0 Å². The molecule has 1 amide bonds. The van der Waals surface area contributed by atoms with Gasteiger partial charge >= 0.3 is 6.09 Å². The molecule has 1 aromatic heterocycles. The van der Waals surface area contributed by atoms with E-state index >= 15 is 0 Å². The van der Waals surface area contributed by atoms with Crippen LogP contribution in [-0.4, -0.2) is 21.7 Å². The van der Waals surface area contributed by atoms with Crippen LogP contribution in [0.25, 0.3) is 11.0 Å². The topological polar surface area (TPSA) is 58.2 Å². The van der Waals surface area contributed by atoms with Gasteiger partial charge in [0, 0.05) is 0 Å². The maximum atomic E-state index is 12.5. The van der Waals surface area contributed by atoms with Crippen LogP contribution in [0, 0.1) is 0 Å². The summed E-state index contributed by atoms with van der Waals surface area (Å²) in [5.41, 5.74) is 3.00. The number of H-pyrrole nitrogens is 1. The number of carbonyl (C=O) groups is 1. The first kappa shape index (κ1) is 13.8. The second-order valence-electron chi connectivity index (χ2n) is 6.26. The van der Waals surface area contributed by atoms with E-state index in [1.54, 1.807) is 11.2 Å². The number of cyclic esters (lactones) is 1. The molecule has 0 radical (unpaired) electrons. The van der Waals surface area contributed by atoms with Crippen molar-refractivity contribution in [3.8, 4) is 0 Å². The quantitative estimate of drug-likeness (QED) is 0.777. The number of ether oxygens (including phenoxy) is 1. The Kier molecular flexibility index (Phi) is 2.91. The fourth-order valence-corrected chi connectivity index (χ4v) is 3.26. The number of imidazole rings is 1. The fraction of sp³-hybridized carbons (Fsp3) is 0.222. The molecule has 0 saturated carbocycles. The number of carbonyl (C=O) groups excluding carboxylic acids is 1. The number of aromatic nitrogens is 2. The number of anilines is 1. The lowest BCUT2D eigenvalue weighted by Gasteiger charge is -2.29. The Morgan fingerprint density at radius 2 is 1.96 bits per heavy atom. The predicted molar refractivity (Wildman–Crippen MR) is 88.3 cm³/mol. The predicted octanol–water partition coefficient (Wildman–Crippen LogP) is 4.04. The summed E-state index contributed by atoms with van der Waals surface area (Å²) < 4.78 is 5.64. The first-order chi connectivity index (χ1) is 11.1. The molecule has 1 N–H and O–H groups in total. The minimum Gasteiger partial charge on any atom is -0.441 e. The summed E-state index contributed by atoms with van der Waals surface area (Å²) in [6.45, 7) is 3.88. The van der Waals surface area contributed by atoms with Gasteiger partial charge in [-0.15, -0.1) is 0 Å².